The predicted octanol–water partition coefficient (Wildman–Crippen LogP) is 2.85. The molecule has 0 saturated carbocycles. The molecule has 0 amide bonds. The molecule has 0 radical (unpaired) electrons. The second-order valence-corrected chi connectivity index (χ2v) is 7.72. The molecule has 0 aliphatic rings. The van der Waals surface area contributed by atoms with Crippen molar-refractivity contribution >= 4 is 5.78 Å². The number of nitrogens with zero attached hydrogens (tertiary/aromatic N) is 1. The van der Waals surface area contributed by atoms with Crippen molar-refractivity contribution in [1.29, 1.82) is 0 Å². The molecular weight excluding hydrogens is 380 g/mol. The van der Waals surface area contributed by atoms with E-state index in [1.807, 2.05) is 50.5 Å². The lowest BCUT2D eigenvalue weighted by Gasteiger charge is -2.26. The van der Waals surface area contributed by atoms with Crippen LogP contribution in [0.15, 0.2) is 48.5 Å². The number of aliphatic hydroxyl groups excluding tert-OH is 1. The van der Waals surface area contributed by atoms with E-state index in [1.54, 1.807) is 14.0 Å². The highest BCUT2D eigenvalue weighted by atomic mass is 16.5. The number of carbonyl (C=O) groups is 1. The fourth-order valence-electron chi connectivity index (χ4n) is 3.14. The van der Waals surface area contributed by atoms with Gasteiger partial charge in [-0.05, 0) is 62.8 Å². The molecule has 0 aliphatic heterocycles. The molecule has 0 heterocycles. The maximum absolute atomic E-state index is 11.1. The molecule has 6 nitrogen and oxygen atoms in total. The maximum Gasteiger partial charge on any atom is 0.130 e. The van der Waals surface area contributed by atoms with Crippen LogP contribution in [0.1, 0.15) is 30.5 Å². The number of hydrogen-bond donors (Lipinski definition) is 2. The van der Waals surface area contributed by atoms with Gasteiger partial charge in [0.1, 0.15) is 30.0 Å². The van der Waals surface area contributed by atoms with Crippen molar-refractivity contribution in [2.45, 2.75) is 31.9 Å². The summed E-state index contributed by atoms with van der Waals surface area (Å²) in [6, 6.07) is 15.9. The number of ether oxygens (including phenoxy) is 2. The maximum atomic E-state index is 11.1. The van der Waals surface area contributed by atoms with Crippen LogP contribution in [-0.2, 0) is 11.2 Å². The van der Waals surface area contributed by atoms with E-state index in [-0.39, 0.29) is 18.4 Å². The van der Waals surface area contributed by atoms with Gasteiger partial charge in [0.2, 0.25) is 0 Å². The van der Waals surface area contributed by atoms with Crippen LogP contribution in [-0.4, -0.2) is 62.8 Å². The van der Waals surface area contributed by atoms with Crippen molar-refractivity contribution in [3.8, 4) is 11.5 Å². The molecule has 2 aromatic rings. The number of aliphatic hydroxyl groups is 1. The van der Waals surface area contributed by atoms with Crippen molar-refractivity contribution in [2.75, 3.05) is 40.9 Å². The monoisotopic (exact) mass is 414 g/mol. The second kappa shape index (κ2) is 12.3. The molecule has 2 aromatic carbocycles. The summed E-state index contributed by atoms with van der Waals surface area (Å²) in [5.74, 6) is 1.74. The van der Waals surface area contributed by atoms with Gasteiger partial charge >= 0.3 is 0 Å². The van der Waals surface area contributed by atoms with Gasteiger partial charge in [0, 0.05) is 25.6 Å². The smallest absolute Gasteiger partial charge is 0.130 e. The van der Waals surface area contributed by atoms with E-state index in [9.17, 15) is 9.90 Å². The number of likely N-dealkylation sites (N-methyl/N-ethyl adjacent to an activating group) is 1. The van der Waals surface area contributed by atoms with Crippen LogP contribution in [0.3, 0.4) is 0 Å². The molecule has 164 valence electrons. The van der Waals surface area contributed by atoms with Gasteiger partial charge in [0.05, 0.1) is 7.11 Å². The van der Waals surface area contributed by atoms with Gasteiger partial charge in [-0.2, -0.15) is 0 Å². The van der Waals surface area contributed by atoms with Gasteiger partial charge in [-0.15, -0.1) is 0 Å². The van der Waals surface area contributed by atoms with Crippen LogP contribution in [0.25, 0.3) is 0 Å². The Kier molecular flexibility index (Phi) is 9.80. The minimum absolute atomic E-state index is 0.187. The summed E-state index contributed by atoms with van der Waals surface area (Å²) in [6.45, 7) is 2.97. The zero-order valence-electron chi connectivity index (χ0n) is 18.4. The summed E-state index contributed by atoms with van der Waals surface area (Å²) in [4.78, 5) is 13.2. The van der Waals surface area contributed by atoms with Crippen molar-refractivity contribution in [3.05, 3.63) is 59.7 Å². The molecule has 2 rings (SSSR count). The molecule has 0 aromatic heterocycles. The summed E-state index contributed by atoms with van der Waals surface area (Å²) < 4.78 is 10.9. The molecule has 0 fully saturated rings. The zero-order valence-corrected chi connectivity index (χ0v) is 18.4. The molecule has 6 heteroatoms. The number of ketones is 1. The Morgan fingerprint density at radius 2 is 1.67 bits per heavy atom. The van der Waals surface area contributed by atoms with E-state index < -0.39 is 6.10 Å². The third-order valence-electron chi connectivity index (χ3n) is 4.97. The largest absolute Gasteiger partial charge is 0.497 e. The first-order valence-corrected chi connectivity index (χ1v) is 10.3. The Morgan fingerprint density at radius 1 is 1.03 bits per heavy atom. The number of hydrogen-bond acceptors (Lipinski definition) is 6. The van der Waals surface area contributed by atoms with E-state index in [0.717, 1.165) is 17.7 Å². The lowest BCUT2D eigenvalue weighted by atomic mass is 10.1. The van der Waals surface area contributed by atoms with Crippen LogP contribution in [0.5, 0.6) is 11.5 Å². The van der Waals surface area contributed by atoms with Crippen molar-refractivity contribution in [1.82, 2.24) is 10.2 Å². The molecule has 0 saturated heterocycles. The lowest BCUT2D eigenvalue weighted by molar-refractivity contribution is -0.116. The van der Waals surface area contributed by atoms with Crippen LogP contribution in [0, 0.1) is 0 Å². The van der Waals surface area contributed by atoms with Crippen LogP contribution >= 0.6 is 0 Å². The SMILES string of the molecule is COc1ccc([C@@H](CNC[C@H](O)COc2ccc(CCC(C)=O)cc2)N(C)C)cc1. The molecule has 2 N–H and O–H groups in total. The average Bonchev–Trinajstić information content (AvgIpc) is 2.74. The summed E-state index contributed by atoms with van der Waals surface area (Å²) in [6.07, 6.45) is 0.680. The second-order valence-electron chi connectivity index (χ2n) is 7.72. The molecule has 0 spiro atoms. The fraction of sp³-hybridized carbons (Fsp3) is 0.458. The highest BCUT2D eigenvalue weighted by Crippen LogP contribution is 2.20. The van der Waals surface area contributed by atoms with Gasteiger partial charge in [-0.3, -0.25) is 0 Å². The predicted molar refractivity (Wildman–Crippen MR) is 119 cm³/mol. The third kappa shape index (κ3) is 8.14. The third-order valence-corrected chi connectivity index (χ3v) is 4.97. The quantitative estimate of drug-likeness (QED) is 0.525. The normalized spacial score (nSPS) is 13.1. The summed E-state index contributed by atoms with van der Waals surface area (Å²) in [5, 5.41) is 13.6. The number of nitrogens with one attached hydrogen (secondary N) is 1. The van der Waals surface area contributed by atoms with Crippen LogP contribution in [0.2, 0.25) is 0 Å². The van der Waals surface area contributed by atoms with Crippen LogP contribution in [0.4, 0.5) is 0 Å². The number of benzene rings is 2. The highest BCUT2D eigenvalue weighted by molar-refractivity contribution is 5.75. The van der Waals surface area contributed by atoms with E-state index in [1.165, 1.54) is 5.56 Å². The lowest BCUT2D eigenvalue weighted by Crippen LogP contribution is -2.37. The van der Waals surface area contributed by atoms with Crippen molar-refractivity contribution in [2.24, 2.45) is 0 Å². The molecule has 30 heavy (non-hydrogen) atoms. The Labute approximate surface area is 179 Å². The molecule has 2 atom stereocenters. The van der Waals surface area contributed by atoms with E-state index in [2.05, 4.69) is 22.3 Å². The molecular formula is C24H34N2O4. The highest BCUT2D eigenvalue weighted by Gasteiger charge is 2.15. The number of carbonyl (C=O) groups excluding carboxylic acids is 1. The average molecular weight is 415 g/mol. The summed E-state index contributed by atoms with van der Waals surface area (Å²) >= 11 is 0. The fourth-order valence-corrected chi connectivity index (χ4v) is 3.14. The molecule has 0 aliphatic carbocycles. The summed E-state index contributed by atoms with van der Waals surface area (Å²) in [5.41, 5.74) is 2.29. The zero-order chi connectivity index (χ0) is 21.9. The number of Topliss-reactive ketones (excluding diaryl/α,β-unsaturated/α-hetero) is 1. The number of aryl methyl sites for hydroxylation is 1. The van der Waals surface area contributed by atoms with Gasteiger partial charge in [0.15, 0.2) is 0 Å². The summed E-state index contributed by atoms with van der Waals surface area (Å²) in [7, 11) is 5.73. The molecule has 0 bridgehead atoms. The van der Waals surface area contributed by atoms with Gasteiger partial charge in [-0.1, -0.05) is 24.3 Å². The van der Waals surface area contributed by atoms with E-state index in [4.69, 9.17) is 9.47 Å². The topological polar surface area (TPSA) is 71.0 Å². The van der Waals surface area contributed by atoms with Gasteiger partial charge < -0.3 is 29.6 Å². The standard InChI is InChI=1S/C24H34N2O4/c1-18(27)5-6-19-7-11-23(12-8-19)30-17-21(28)15-25-16-24(26(2)3)20-9-13-22(29-4)14-10-20/h7-14,21,24-25,28H,5-6,15-17H2,1-4H3/t21-,24+/m0/s1. The van der Waals surface area contributed by atoms with Crippen LogP contribution < -0.4 is 14.8 Å². The van der Waals surface area contributed by atoms with Crippen molar-refractivity contribution in [3.63, 3.8) is 0 Å². The van der Waals surface area contributed by atoms with E-state index in [0.29, 0.717) is 25.3 Å². The first kappa shape index (κ1) is 23.9. The number of methoxy groups -OCH3 is 1. The van der Waals surface area contributed by atoms with Gasteiger partial charge in [-0.25, -0.2) is 0 Å². The minimum atomic E-state index is -0.610. The molecule has 0 unspecified atom stereocenters. The Morgan fingerprint density at radius 3 is 2.23 bits per heavy atom. The van der Waals surface area contributed by atoms with E-state index >= 15 is 0 Å². The minimum Gasteiger partial charge on any atom is -0.497 e. The Hall–Kier alpha value is -2.41. The number of rotatable bonds is 13. The Balaban J connectivity index is 1.74. The first-order chi connectivity index (χ1) is 14.4. The van der Waals surface area contributed by atoms with Crippen molar-refractivity contribution < 1.29 is 19.4 Å². The van der Waals surface area contributed by atoms with Gasteiger partial charge in [0.25, 0.3) is 0 Å². The Bertz CT molecular complexity index is 760. The first-order valence-electron chi connectivity index (χ1n) is 10.3.